The van der Waals surface area contributed by atoms with E-state index in [9.17, 15) is 0 Å². The molecule has 0 radical (unpaired) electrons. The SMILES string of the molecule is NCC1(NCc2ccccc2)CCCCCCC1. The van der Waals surface area contributed by atoms with Gasteiger partial charge in [0.05, 0.1) is 0 Å². The smallest absolute Gasteiger partial charge is 0.0307 e. The maximum absolute atomic E-state index is 6.06. The first-order valence-electron chi connectivity index (χ1n) is 7.34. The van der Waals surface area contributed by atoms with E-state index in [4.69, 9.17) is 5.73 Å². The Balaban J connectivity index is 1.93. The van der Waals surface area contributed by atoms with Crippen molar-refractivity contribution in [2.75, 3.05) is 6.54 Å². The van der Waals surface area contributed by atoms with E-state index in [1.54, 1.807) is 0 Å². The van der Waals surface area contributed by atoms with Gasteiger partial charge in [-0.3, -0.25) is 0 Å². The molecule has 0 saturated heterocycles. The molecule has 18 heavy (non-hydrogen) atoms. The monoisotopic (exact) mass is 246 g/mol. The van der Waals surface area contributed by atoms with E-state index in [0.29, 0.717) is 0 Å². The van der Waals surface area contributed by atoms with Crippen LogP contribution in [0.2, 0.25) is 0 Å². The van der Waals surface area contributed by atoms with Gasteiger partial charge < -0.3 is 11.1 Å². The lowest BCUT2D eigenvalue weighted by atomic mass is 9.83. The maximum atomic E-state index is 6.06. The van der Waals surface area contributed by atoms with Gasteiger partial charge in [-0.15, -0.1) is 0 Å². The Labute approximate surface area is 111 Å². The third-order valence-electron chi connectivity index (χ3n) is 4.21. The van der Waals surface area contributed by atoms with Crippen LogP contribution < -0.4 is 11.1 Å². The third-order valence-corrected chi connectivity index (χ3v) is 4.21. The van der Waals surface area contributed by atoms with Crippen LogP contribution in [0.4, 0.5) is 0 Å². The zero-order chi connectivity index (χ0) is 12.7. The minimum atomic E-state index is 0.177. The average Bonchev–Trinajstić information content (AvgIpc) is 2.40. The Morgan fingerprint density at radius 2 is 1.56 bits per heavy atom. The number of benzene rings is 1. The molecule has 0 heterocycles. The van der Waals surface area contributed by atoms with Crippen molar-refractivity contribution in [2.45, 2.75) is 57.0 Å². The summed E-state index contributed by atoms with van der Waals surface area (Å²) in [4.78, 5) is 0. The zero-order valence-corrected chi connectivity index (χ0v) is 11.3. The quantitative estimate of drug-likeness (QED) is 0.856. The number of hydrogen-bond acceptors (Lipinski definition) is 2. The van der Waals surface area contributed by atoms with Gasteiger partial charge in [0, 0.05) is 18.6 Å². The molecule has 1 fully saturated rings. The van der Waals surface area contributed by atoms with E-state index in [-0.39, 0.29) is 5.54 Å². The Hall–Kier alpha value is -0.860. The zero-order valence-electron chi connectivity index (χ0n) is 11.3. The minimum absolute atomic E-state index is 0.177. The highest BCUT2D eigenvalue weighted by molar-refractivity contribution is 5.14. The van der Waals surface area contributed by atoms with Crippen LogP contribution in [0.5, 0.6) is 0 Å². The van der Waals surface area contributed by atoms with Gasteiger partial charge in [-0.05, 0) is 18.4 Å². The summed E-state index contributed by atoms with van der Waals surface area (Å²) >= 11 is 0. The molecular formula is C16H26N2. The van der Waals surface area contributed by atoms with Crippen LogP contribution in [0.15, 0.2) is 30.3 Å². The molecule has 1 aliphatic carbocycles. The lowest BCUT2D eigenvalue weighted by molar-refractivity contribution is 0.254. The Bertz CT molecular complexity index is 326. The maximum Gasteiger partial charge on any atom is 0.0307 e. The van der Waals surface area contributed by atoms with Crippen molar-refractivity contribution in [3.63, 3.8) is 0 Å². The number of nitrogens with two attached hydrogens (primary N) is 1. The lowest BCUT2D eigenvalue weighted by Crippen LogP contribution is -2.51. The molecule has 0 spiro atoms. The lowest BCUT2D eigenvalue weighted by Gasteiger charge is -2.35. The summed E-state index contributed by atoms with van der Waals surface area (Å²) in [5.74, 6) is 0. The van der Waals surface area contributed by atoms with Gasteiger partial charge in [0.15, 0.2) is 0 Å². The predicted molar refractivity (Wildman–Crippen MR) is 77.4 cm³/mol. The van der Waals surface area contributed by atoms with E-state index < -0.39 is 0 Å². The summed E-state index contributed by atoms with van der Waals surface area (Å²) in [5, 5.41) is 3.74. The molecule has 0 atom stereocenters. The van der Waals surface area contributed by atoms with Crippen molar-refractivity contribution in [2.24, 2.45) is 5.73 Å². The normalized spacial score (nSPS) is 20.1. The summed E-state index contributed by atoms with van der Waals surface area (Å²) < 4.78 is 0. The van der Waals surface area contributed by atoms with Crippen LogP contribution >= 0.6 is 0 Å². The van der Waals surface area contributed by atoms with E-state index in [1.807, 2.05) is 0 Å². The second-order valence-corrected chi connectivity index (χ2v) is 5.59. The highest BCUT2D eigenvalue weighted by atomic mass is 15.0. The van der Waals surface area contributed by atoms with Crippen LogP contribution in [0, 0.1) is 0 Å². The largest absolute Gasteiger partial charge is 0.329 e. The molecule has 0 amide bonds. The molecule has 1 aromatic rings. The van der Waals surface area contributed by atoms with E-state index in [1.165, 1.54) is 50.5 Å². The highest BCUT2D eigenvalue weighted by Crippen LogP contribution is 2.26. The number of nitrogens with one attached hydrogen (secondary N) is 1. The van der Waals surface area contributed by atoms with Crippen molar-refractivity contribution in [1.29, 1.82) is 0 Å². The molecule has 0 aromatic heterocycles. The first-order chi connectivity index (χ1) is 8.85. The van der Waals surface area contributed by atoms with Crippen LogP contribution in [-0.2, 0) is 6.54 Å². The molecule has 0 aliphatic heterocycles. The first-order valence-corrected chi connectivity index (χ1v) is 7.34. The molecule has 1 aliphatic rings. The van der Waals surface area contributed by atoms with Gasteiger partial charge >= 0.3 is 0 Å². The van der Waals surface area contributed by atoms with Crippen LogP contribution in [-0.4, -0.2) is 12.1 Å². The van der Waals surface area contributed by atoms with Gasteiger partial charge in [0.25, 0.3) is 0 Å². The second-order valence-electron chi connectivity index (χ2n) is 5.59. The van der Waals surface area contributed by atoms with Crippen molar-refractivity contribution in [1.82, 2.24) is 5.32 Å². The van der Waals surface area contributed by atoms with Crippen LogP contribution in [0.3, 0.4) is 0 Å². The van der Waals surface area contributed by atoms with Gasteiger partial charge in [0.2, 0.25) is 0 Å². The summed E-state index contributed by atoms with van der Waals surface area (Å²) in [7, 11) is 0. The van der Waals surface area contributed by atoms with E-state index in [0.717, 1.165) is 13.1 Å². The molecule has 0 unspecified atom stereocenters. The van der Waals surface area contributed by atoms with Crippen molar-refractivity contribution >= 4 is 0 Å². The molecule has 3 N–H and O–H groups in total. The fourth-order valence-electron chi connectivity index (χ4n) is 2.92. The summed E-state index contributed by atoms with van der Waals surface area (Å²) in [6, 6.07) is 10.6. The van der Waals surface area contributed by atoms with Gasteiger partial charge in [-0.2, -0.15) is 0 Å². The summed E-state index contributed by atoms with van der Waals surface area (Å²) in [6.07, 6.45) is 9.24. The minimum Gasteiger partial charge on any atom is -0.329 e. The van der Waals surface area contributed by atoms with Gasteiger partial charge in [-0.25, -0.2) is 0 Å². The van der Waals surface area contributed by atoms with Gasteiger partial charge in [0.1, 0.15) is 0 Å². The molecular weight excluding hydrogens is 220 g/mol. The van der Waals surface area contributed by atoms with Gasteiger partial charge in [-0.1, -0.05) is 62.4 Å². The summed E-state index contributed by atoms with van der Waals surface area (Å²) in [5.41, 5.74) is 7.59. The molecule has 2 rings (SSSR count). The van der Waals surface area contributed by atoms with Crippen LogP contribution in [0.25, 0.3) is 0 Å². The molecule has 2 nitrogen and oxygen atoms in total. The highest BCUT2D eigenvalue weighted by Gasteiger charge is 2.27. The molecule has 1 saturated carbocycles. The Morgan fingerprint density at radius 1 is 0.944 bits per heavy atom. The van der Waals surface area contributed by atoms with E-state index in [2.05, 4.69) is 35.6 Å². The standard InChI is InChI=1S/C16H26N2/c17-14-16(11-7-2-1-3-8-12-16)18-13-15-9-5-4-6-10-15/h4-6,9-10,18H,1-3,7-8,11-14,17H2. The summed E-state index contributed by atoms with van der Waals surface area (Å²) in [6.45, 7) is 1.71. The fraction of sp³-hybridized carbons (Fsp3) is 0.625. The second kappa shape index (κ2) is 6.91. The van der Waals surface area contributed by atoms with Crippen molar-refractivity contribution in [3.05, 3.63) is 35.9 Å². The predicted octanol–water partition coefficient (Wildman–Crippen LogP) is 3.22. The Morgan fingerprint density at radius 3 is 2.17 bits per heavy atom. The third kappa shape index (κ3) is 3.82. The van der Waals surface area contributed by atoms with E-state index >= 15 is 0 Å². The van der Waals surface area contributed by atoms with Crippen LogP contribution in [0.1, 0.15) is 50.5 Å². The molecule has 0 bridgehead atoms. The number of hydrogen-bond donors (Lipinski definition) is 2. The molecule has 2 heteroatoms. The topological polar surface area (TPSA) is 38.0 Å². The Kier molecular flexibility index (Phi) is 5.21. The van der Waals surface area contributed by atoms with Crippen molar-refractivity contribution in [3.8, 4) is 0 Å². The molecule has 1 aromatic carbocycles. The average molecular weight is 246 g/mol. The fourth-order valence-corrected chi connectivity index (χ4v) is 2.92. The number of rotatable bonds is 4. The molecule has 100 valence electrons. The first kappa shape index (κ1) is 13.6. The van der Waals surface area contributed by atoms with Crippen molar-refractivity contribution < 1.29 is 0 Å².